The van der Waals surface area contributed by atoms with Gasteiger partial charge in [-0.25, -0.2) is 9.97 Å². The molecule has 0 unspecified atom stereocenters. The molecule has 0 spiro atoms. The fourth-order valence-corrected chi connectivity index (χ4v) is 4.63. The van der Waals surface area contributed by atoms with Gasteiger partial charge in [-0.15, -0.1) is 0 Å². The first-order valence-electron chi connectivity index (χ1n) is 15.2. The number of para-hydroxylation sites is 2. The molecule has 0 aliphatic rings. The summed E-state index contributed by atoms with van der Waals surface area (Å²) in [5.74, 6) is 0. The molecular weight excluding hydrogens is 794 g/mol. The van der Waals surface area contributed by atoms with E-state index >= 15 is 0 Å². The van der Waals surface area contributed by atoms with Crippen molar-refractivity contribution < 1.29 is 26.3 Å². The Hall–Kier alpha value is -3.16. The minimum absolute atomic E-state index is 0.194. The van der Waals surface area contributed by atoms with E-state index in [2.05, 4.69) is 26.0 Å². The second-order valence-electron chi connectivity index (χ2n) is 10.8. The Labute approximate surface area is 324 Å². The van der Waals surface area contributed by atoms with E-state index in [1.807, 2.05) is 125 Å². The Bertz CT molecular complexity index is 1840. The second-order valence-corrected chi connectivity index (χ2v) is 14.4. The van der Waals surface area contributed by atoms with Crippen molar-refractivity contribution in [3.63, 3.8) is 0 Å². The van der Waals surface area contributed by atoms with Gasteiger partial charge in [-0.1, -0.05) is 48.5 Å². The molecule has 3 aromatic carbocycles. The fraction of sp³-hybridized carbons (Fsp3) is 0.158. The number of rotatable bonds is 8. The van der Waals surface area contributed by atoms with E-state index < -0.39 is 0 Å². The number of hydrogen-bond donors (Lipinski definition) is 0. The van der Waals surface area contributed by atoms with Crippen LogP contribution in [0.4, 0.5) is 22.7 Å². The van der Waals surface area contributed by atoms with Crippen molar-refractivity contribution in [2.24, 2.45) is 20.0 Å². The quantitative estimate of drug-likeness (QED) is 0.115. The summed E-state index contributed by atoms with van der Waals surface area (Å²) in [5.41, 5.74) is 12.5. The number of hydrogen-bond acceptors (Lipinski definition) is 6. The topological polar surface area (TPSA) is 75.2 Å². The maximum absolute atomic E-state index is 4.83. The van der Waals surface area contributed by atoms with E-state index in [0.29, 0.717) is 0 Å². The van der Waals surface area contributed by atoms with Gasteiger partial charge in [-0.2, -0.15) is 0 Å². The van der Waals surface area contributed by atoms with E-state index in [4.69, 9.17) is 70.3 Å². The molecule has 0 radical (unpaired) electrons. The molecule has 5 rings (SSSR count). The molecule has 6 nitrogen and oxygen atoms in total. The van der Waals surface area contributed by atoms with Gasteiger partial charge in [-0.3, -0.25) is 20.0 Å². The predicted octanol–water partition coefficient (Wildman–Crippen LogP) is 12.4. The molecule has 262 valence electrons. The van der Waals surface area contributed by atoms with Crippen LogP contribution in [0.2, 0.25) is 0 Å². The second kappa shape index (κ2) is 21.9. The van der Waals surface area contributed by atoms with E-state index in [0.717, 1.165) is 79.5 Å². The Balaban J connectivity index is 0.00000105. The zero-order valence-electron chi connectivity index (χ0n) is 28.3. The average molecular weight is 830 g/mol. The van der Waals surface area contributed by atoms with Gasteiger partial charge in [0.25, 0.3) is 0 Å². The number of aryl methyl sites for hydroxylation is 2. The zero-order valence-corrected chi connectivity index (χ0v) is 33.5. The van der Waals surface area contributed by atoms with Crippen molar-refractivity contribution >= 4 is 86.0 Å². The summed E-state index contributed by atoms with van der Waals surface area (Å²) in [4.78, 5) is 28.9. The van der Waals surface area contributed by atoms with Gasteiger partial charge in [0.05, 0.1) is 68.4 Å². The van der Waals surface area contributed by atoms with Crippen LogP contribution in [-0.2, 0) is 26.3 Å². The third-order valence-electron chi connectivity index (χ3n) is 7.23. The molecule has 2 aromatic heterocycles. The summed E-state index contributed by atoms with van der Waals surface area (Å²) < 4.78 is 0. The number of aliphatic imine (C=N–C) groups is 4. The Morgan fingerprint density at radius 1 is 0.420 bits per heavy atom. The molecule has 5 aromatic rings. The van der Waals surface area contributed by atoms with Crippen LogP contribution >= 0.6 is 40.4 Å². The van der Waals surface area contributed by atoms with E-state index in [1.165, 1.54) is 0 Å². The van der Waals surface area contributed by atoms with Gasteiger partial charge < -0.3 is 0 Å². The standard InChI is InChI=1S/C38H36N6.4ClH.2Fe/c1-25-13-7-9-15-33(25)41-29(5)37-19-11-17-35(43-37)27(3)39-31-21-23-32(24-22-31)40-28(4)36-18-12-20-38(44-36)30(6)42-34-16-10-8-14-26(34)2;;;;;;/h7-24H,1-6H3;4*1H;;/q;;;;;2*+2/p-4. The summed E-state index contributed by atoms with van der Waals surface area (Å²) in [6.07, 6.45) is 0. The molecule has 0 fully saturated rings. The third-order valence-corrected chi connectivity index (χ3v) is 7.23. The van der Waals surface area contributed by atoms with Crippen LogP contribution in [0, 0.1) is 13.8 Å². The molecule has 0 bridgehead atoms. The Morgan fingerprint density at radius 3 is 1.00 bits per heavy atom. The van der Waals surface area contributed by atoms with Crippen LogP contribution < -0.4 is 0 Å². The molecule has 0 atom stereocenters. The number of nitrogens with zero attached hydrogens (tertiary/aromatic N) is 6. The van der Waals surface area contributed by atoms with Crippen LogP contribution in [0.25, 0.3) is 0 Å². The first-order chi connectivity index (χ1) is 24.1. The summed E-state index contributed by atoms with van der Waals surface area (Å²) in [5, 5.41) is 0. The Kier molecular flexibility index (Phi) is 18.1. The summed E-state index contributed by atoms with van der Waals surface area (Å²) in [6, 6.07) is 35.9. The molecule has 0 aliphatic heterocycles. The average Bonchev–Trinajstić information content (AvgIpc) is 3.12. The predicted molar refractivity (Wildman–Crippen MR) is 208 cm³/mol. The number of pyridine rings is 2. The number of benzene rings is 3. The van der Waals surface area contributed by atoms with E-state index in [-0.39, 0.29) is 26.3 Å². The Morgan fingerprint density at radius 2 is 0.700 bits per heavy atom. The molecule has 0 amide bonds. The zero-order chi connectivity index (χ0) is 36.5. The van der Waals surface area contributed by atoms with E-state index in [1.54, 1.807) is 0 Å². The maximum atomic E-state index is 4.83. The van der Waals surface area contributed by atoms with Gasteiger partial charge >= 0.3 is 66.7 Å². The summed E-state index contributed by atoms with van der Waals surface area (Å²) in [7, 11) is 19.1. The van der Waals surface area contributed by atoms with Crippen molar-refractivity contribution in [2.75, 3.05) is 0 Å². The van der Waals surface area contributed by atoms with Gasteiger partial charge in [-0.05, 0) is 113 Å². The molecular formula is C38H36Cl4Fe2N6. The van der Waals surface area contributed by atoms with Crippen molar-refractivity contribution in [1.29, 1.82) is 0 Å². The number of halogens is 4. The van der Waals surface area contributed by atoms with Crippen molar-refractivity contribution in [1.82, 2.24) is 9.97 Å². The molecule has 2 heterocycles. The summed E-state index contributed by atoms with van der Waals surface area (Å²) >= 11 is 0.389. The van der Waals surface area contributed by atoms with Gasteiger partial charge in [0, 0.05) is 0 Å². The van der Waals surface area contributed by atoms with E-state index in [9.17, 15) is 0 Å². The normalized spacial score (nSPS) is 12.2. The number of aromatic nitrogens is 2. The van der Waals surface area contributed by atoms with Crippen LogP contribution in [0.3, 0.4) is 0 Å². The monoisotopic (exact) mass is 828 g/mol. The molecule has 0 N–H and O–H groups in total. The molecule has 0 saturated carbocycles. The minimum atomic E-state index is 0.194. The van der Waals surface area contributed by atoms with Gasteiger partial charge in [0.1, 0.15) is 0 Å². The summed E-state index contributed by atoms with van der Waals surface area (Å²) in [6.45, 7) is 12.0. The van der Waals surface area contributed by atoms with Crippen LogP contribution in [0.5, 0.6) is 0 Å². The first kappa shape index (κ1) is 41.3. The molecule has 0 saturated heterocycles. The SMILES string of the molecule is CC(=Nc1ccc(N=C(C)c2cccc(C(C)=Nc3ccccc3C)n2)cc1)c1cccc(C(C)=Nc2ccccc2C)n1.[Cl][Fe][Cl].[Cl][Fe][Cl]. The molecule has 50 heavy (non-hydrogen) atoms. The molecule has 0 aliphatic carbocycles. The van der Waals surface area contributed by atoms with Crippen molar-refractivity contribution in [3.05, 3.63) is 143 Å². The van der Waals surface area contributed by atoms with Crippen molar-refractivity contribution in [3.8, 4) is 0 Å². The molecule has 12 heteroatoms. The van der Waals surface area contributed by atoms with Crippen LogP contribution in [0.1, 0.15) is 61.6 Å². The van der Waals surface area contributed by atoms with Gasteiger partial charge in [0.2, 0.25) is 0 Å². The van der Waals surface area contributed by atoms with Crippen LogP contribution in [-0.4, -0.2) is 32.8 Å². The fourth-order valence-electron chi connectivity index (χ4n) is 4.63. The van der Waals surface area contributed by atoms with Crippen molar-refractivity contribution in [2.45, 2.75) is 41.5 Å². The third kappa shape index (κ3) is 13.2. The first-order valence-corrected chi connectivity index (χ1v) is 21.3. The van der Waals surface area contributed by atoms with Gasteiger partial charge in [0.15, 0.2) is 0 Å². The van der Waals surface area contributed by atoms with Crippen LogP contribution in [0.15, 0.2) is 129 Å².